The second-order valence-corrected chi connectivity index (χ2v) is 4.11. The standard InChI is InChI=1S/C11H9ClF3N3/c12-9-5-8(11(13,14)15)6-17-10(9)1-3-18-4-2-16-7-18/h2,4-7H,1,3H2. The molecule has 0 aliphatic carbocycles. The van der Waals surface area contributed by atoms with Crippen molar-refractivity contribution in [1.82, 2.24) is 14.5 Å². The highest BCUT2D eigenvalue weighted by Crippen LogP contribution is 2.31. The first-order valence-corrected chi connectivity index (χ1v) is 5.52. The maximum atomic E-state index is 12.4. The molecule has 2 aromatic heterocycles. The van der Waals surface area contributed by atoms with E-state index in [0.29, 0.717) is 18.7 Å². The molecule has 0 aromatic carbocycles. The van der Waals surface area contributed by atoms with Crippen molar-refractivity contribution in [3.05, 3.63) is 47.3 Å². The third-order valence-corrected chi connectivity index (χ3v) is 2.74. The monoisotopic (exact) mass is 275 g/mol. The molecular formula is C11H9ClF3N3. The third kappa shape index (κ3) is 3.01. The van der Waals surface area contributed by atoms with Gasteiger partial charge >= 0.3 is 6.18 Å². The summed E-state index contributed by atoms with van der Waals surface area (Å²) in [5, 5.41) is 0.0324. The Morgan fingerprint density at radius 3 is 2.67 bits per heavy atom. The van der Waals surface area contributed by atoms with Gasteiger partial charge in [0.05, 0.1) is 22.6 Å². The van der Waals surface area contributed by atoms with Gasteiger partial charge in [0, 0.05) is 31.6 Å². The molecule has 96 valence electrons. The number of halogens is 4. The van der Waals surface area contributed by atoms with E-state index in [0.717, 1.165) is 12.3 Å². The van der Waals surface area contributed by atoms with Crippen molar-refractivity contribution in [3.63, 3.8) is 0 Å². The van der Waals surface area contributed by atoms with Gasteiger partial charge in [0.2, 0.25) is 0 Å². The maximum absolute atomic E-state index is 12.4. The van der Waals surface area contributed by atoms with Crippen molar-refractivity contribution < 1.29 is 13.2 Å². The molecule has 0 radical (unpaired) electrons. The SMILES string of the molecule is FC(F)(F)c1cnc(CCn2ccnc2)c(Cl)c1. The Bertz CT molecular complexity index is 523. The summed E-state index contributed by atoms with van der Waals surface area (Å²) in [4.78, 5) is 7.62. The van der Waals surface area contributed by atoms with Crippen LogP contribution in [0.2, 0.25) is 5.02 Å². The van der Waals surface area contributed by atoms with E-state index in [2.05, 4.69) is 9.97 Å². The fourth-order valence-corrected chi connectivity index (χ4v) is 1.72. The van der Waals surface area contributed by atoms with Gasteiger partial charge in [-0.2, -0.15) is 13.2 Å². The summed E-state index contributed by atoms with van der Waals surface area (Å²) < 4.78 is 39.0. The van der Waals surface area contributed by atoms with Gasteiger partial charge in [0.15, 0.2) is 0 Å². The minimum Gasteiger partial charge on any atom is -0.337 e. The quantitative estimate of drug-likeness (QED) is 0.861. The largest absolute Gasteiger partial charge is 0.417 e. The minimum absolute atomic E-state index is 0.0324. The van der Waals surface area contributed by atoms with E-state index in [9.17, 15) is 13.2 Å². The van der Waals surface area contributed by atoms with Crippen molar-refractivity contribution >= 4 is 11.6 Å². The maximum Gasteiger partial charge on any atom is 0.417 e. The van der Waals surface area contributed by atoms with Crippen LogP contribution in [0, 0.1) is 0 Å². The second kappa shape index (κ2) is 4.97. The summed E-state index contributed by atoms with van der Waals surface area (Å²) in [6.07, 6.45) is 1.85. The summed E-state index contributed by atoms with van der Waals surface area (Å²) in [6, 6.07) is 0.901. The minimum atomic E-state index is -4.42. The fraction of sp³-hybridized carbons (Fsp3) is 0.273. The van der Waals surface area contributed by atoms with Crippen LogP contribution >= 0.6 is 11.6 Å². The summed E-state index contributed by atoms with van der Waals surface area (Å²) >= 11 is 5.79. The van der Waals surface area contributed by atoms with E-state index in [4.69, 9.17) is 11.6 Å². The van der Waals surface area contributed by atoms with Crippen LogP contribution in [0.25, 0.3) is 0 Å². The molecule has 0 saturated carbocycles. The lowest BCUT2D eigenvalue weighted by Gasteiger charge is -2.09. The number of alkyl halides is 3. The molecule has 2 aromatic rings. The van der Waals surface area contributed by atoms with E-state index < -0.39 is 11.7 Å². The van der Waals surface area contributed by atoms with Crippen molar-refractivity contribution in [2.24, 2.45) is 0 Å². The van der Waals surface area contributed by atoms with Gasteiger partial charge in [-0.3, -0.25) is 4.98 Å². The highest BCUT2D eigenvalue weighted by molar-refractivity contribution is 6.31. The molecule has 0 aliphatic rings. The van der Waals surface area contributed by atoms with Crippen molar-refractivity contribution in [2.45, 2.75) is 19.1 Å². The molecule has 0 spiro atoms. The Kier molecular flexibility index (Phi) is 3.56. The molecule has 0 atom stereocenters. The predicted molar refractivity (Wildman–Crippen MR) is 60.2 cm³/mol. The molecule has 3 nitrogen and oxygen atoms in total. The van der Waals surface area contributed by atoms with Crippen LogP contribution in [0.15, 0.2) is 31.0 Å². The zero-order valence-corrected chi connectivity index (χ0v) is 9.91. The molecule has 0 amide bonds. The van der Waals surface area contributed by atoms with E-state index in [-0.39, 0.29) is 5.02 Å². The fourth-order valence-electron chi connectivity index (χ4n) is 1.46. The van der Waals surface area contributed by atoms with Crippen LogP contribution < -0.4 is 0 Å². The Hall–Kier alpha value is -1.56. The van der Waals surface area contributed by atoms with Crippen LogP contribution in [0.5, 0.6) is 0 Å². The molecule has 7 heteroatoms. The number of imidazole rings is 1. The zero-order valence-electron chi connectivity index (χ0n) is 9.15. The van der Waals surface area contributed by atoms with Gasteiger partial charge in [-0.15, -0.1) is 0 Å². The second-order valence-electron chi connectivity index (χ2n) is 3.70. The molecule has 0 unspecified atom stereocenters. The molecule has 18 heavy (non-hydrogen) atoms. The van der Waals surface area contributed by atoms with E-state index in [1.54, 1.807) is 23.3 Å². The van der Waals surface area contributed by atoms with Crippen molar-refractivity contribution in [3.8, 4) is 0 Å². The first kappa shape index (κ1) is 12.9. The highest BCUT2D eigenvalue weighted by atomic mass is 35.5. The molecule has 0 fully saturated rings. The number of hydrogen-bond donors (Lipinski definition) is 0. The number of aryl methyl sites for hydroxylation is 2. The van der Waals surface area contributed by atoms with Gasteiger partial charge in [-0.1, -0.05) is 11.6 Å². The smallest absolute Gasteiger partial charge is 0.337 e. The highest BCUT2D eigenvalue weighted by Gasteiger charge is 2.31. The lowest BCUT2D eigenvalue weighted by atomic mass is 10.2. The first-order chi connectivity index (χ1) is 8.47. The zero-order chi connectivity index (χ0) is 13.2. The lowest BCUT2D eigenvalue weighted by Crippen LogP contribution is -2.08. The van der Waals surface area contributed by atoms with Gasteiger partial charge in [0.25, 0.3) is 0 Å². The molecule has 0 saturated heterocycles. The summed E-state index contributed by atoms with van der Waals surface area (Å²) in [7, 11) is 0. The third-order valence-electron chi connectivity index (χ3n) is 2.41. The number of rotatable bonds is 3. The van der Waals surface area contributed by atoms with Crippen LogP contribution in [-0.4, -0.2) is 14.5 Å². The van der Waals surface area contributed by atoms with E-state index in [1.165, 1.54) is 0 Å². The number of pyridine rings is 1. The van der Waals surface area contributed by atoms with Crippen molar-refractivity contribution in [2.75, 3.05) is 0 Å². The van der Waals surface area contributed by atoms with Crippen LogP contribution in [-0.2, 0) is 19.1 Å². The van der Waals surface area contributed by atoms with E-state index in [1.807, 2.05) is 0 Å². The first-order valence-electron chi connectivity index (χ1n) is 5.14. The molecule has 2 rings (SSSR count). The van der Waals surface area contributed by atoms with E-state index >= 15 is 0 Å². The Morgan fingerprint density at radius 2 is 2.11 bits per heavy atom. The van der Waals surface area contributed by atoms with Crippen LogP contribution in [0.3, 0.4) is 0 Å². The number of aromatic nitrogens is 3. The van der Waals surface area contributed by atoms with Gasteiger partial charge in [-0.25, -0.2) is 4.98 Å². The summed E-state index contributed by atoms with van der Waals surface area (Å²) in [5.74, 6) is 0. The molecule has 0 aliphatic heterocycles. The van der Waals surface area contributed by atoms with Gasteiger partial charge in [-0.05, 0) is 6.07 Å². The molecule has 0 bridgehead atoms. The van der Waals surface area contributed by atoms with Crippen molar-refractivity contribution in [1.29, 1.82) is 0 Å². The average molecular weight is 276 g/mol. The molecular weight excluding hydrogens is 267 g/mol. The number of hydrogen-bond acceptors (Lipinski definition) is 2. The molecule has 0 N–H and O–H groups in total. The molecule has 2 heterocycles. The lowest BCUT2D eigenvalue weighted by molar-refractivity contribution is -0.137. The Labute approximate surface area is 106 Å². The topological polar surface area (TPSA) is 30.7 Å². The summed E-state index contributed by atoms with van der Waals surface area (Å²) in [5.41, 5.74) is -0.391. The normalized spacial score (nSPS) is 11.8. The Morgan fingerprint density at radius 1 is 1.33 bits per heavy atom. The van der Waals surface area contributed by atoms with Gasteiger partial charge < -0.3 is 4.57 Å². The average Bonchev–Trinajstić information content (AvgIpc) is 2.79. The number of nitrogens with zero attached hydrogens (tertiary/aromatic N) is 3. The summed E-state index contributed by atoms with van der Waals surface area (Å²) in [6.45, 7) is 0.568. The van der Waals surface area contributed by atoms with Crippen LogP contribution in [0.4, 0.5) is 13.2 Å². The Balaban J connectivity index is 2.10. The van der Waals surface area contributed by atoms with Crippen LogP contribution in [0.1, 0.15) is 11.3 Å². The predicted octanol–water partition coefficient (Wildman–Crippen LogP) is 3.19. The van der Waals surface area contributed by atoms with Gasteiger partial charge in [0.1, 0.15) is 0 Å².